The van der Waals surface area contributed by atoms with Crippen LogP contribution < -0.4 is 4.74 Å². The Morgan fingerprint density at radius 3 is 2.06 bits per heavy atom. The van der Waals surface area contributed by atoms with Crippen LogP contribution in [0.15, 0.2) is 66.7 Å². The molecular formula is C24H11Cl3F2N2O. The van der Waals surface area contributed by atoms with Crippen molar-refractivity contribution >= 4 is 34.8 Å². The predicted molar refractivity (Wildman–Crippen MR) is 121 cm³/mol. The maximum absolute atomic E-state index is 13.6. The predicted octanol–water partition coefficient (Wildman–Crippen LogP) is 8.32. The minimum Gasteiger partial charge on any atom is -0.437 e. The molecule has 0 saturated heterocycles. The molecule has 0 amide bonds. The number of pyridine rings is 1. The number of benzene rings is 3. The second kappa shape index (κ2) is 9.13. The molecule has 4 rings (SSSR count). The molecule has 0 unspecified atom stereocenters. The molecule has 3 aromatic carbocycles. The molecule has 0 aliphatic carbocycles. The number of nitriles is 1. The van der Waals surface area contributed by atoms with E-state index in [1.54, 1.807) is 48.5 Å². The zero-order valence-electron chi connectivity index (χ0n) is 16.0. The smallest absolute Gasteiger partial charge is 0.237 e. The zero-order valence-corrected chi connectivity index (χ0v) is 18.3. The lowest BCUT2D eigenvalue weighted by atomic mass is 9.97. The van der Waals surface area contributed by atoms with Crippen LogP contribution in [0.25, 0.3) is 22.4 Å². The molecule has 8 heteroatoms. The summed E-state index contributed by atoms with van der Waals surface area (Å²) < 4.78 is 32.8. The van der Waals surface area contributed by atoms with E-state index in [4.69, 9.17) is 39.5 Å². The van der Waals surface area contributed by atoms with Crippen molar-refractivity contribution in [3.8, 4) is 40.1 Å². The Kier molecular flexibility index (Phi) is 6.29. The van der Waals surface area contributed by atoms with Crippen LogP contribution in [0.3, 0.4) is 0 Å². The van der Waals surface area contributed by atoms with Gasteiger partial charge in [0.15, 0.2) is 0 Å². The molecule has 0 N–H and O–H groups in total. The highest BCUT2D eigenvalue weighted by Crippen LogP contribution is 2.39. The van der Waals surface area contributed by atoms with Gasteiger partial charge in [0, 0.05) is 39.4 Å². The molecule has 0 radical (unpaired) electrons. The van der Waals surface area contributed by atoms with Gasteiger partial charge in [0.2, 0.25) is 5.88 Å². The van der Waals surface area contributed by atoms with Crippen molar-refractivity contribution in [2.75, 3.05) is 0 Å². The summed E-state index contributed by atoms with van der Waals surface area (Å²) in [6.07, 6.45) is 0. The summed E-state index contributed by atoms with van der Waals surface area (Å²) in [6, 6.07) is 18.1. The Morgan fingerprint density at radius 1 is 0.781 bits per heavy atom. The third kappa shape index (κ3) is 4.68. The lowest BCUT2D eigenvalue weighted by Gasteiger charge is -2.15. The van der Waals surface area contributed by atoms with E-state index in [1.165, 1.54) is 0 Å². The minimum absolute atomic E-state index is 0.0634. The first kappa shape index (κ1) is 22.0. The number of halogens is 5. The second-order valence-corrected chi connectivity index (χ2v) is 7.97. The standard InChI is InChI=1S/C24H11Cl3F2N2O/c25-15-3-1-13(2-4-15)21-7-14(12-30)24(32-19-10-17(28)9-18(29)11-19)31-23(21)20-6-5-16(26)8-22(20)27/h1-11H. The summed E-state index contributed by atoms with van der Waals surface area (Å²) in [5.41, 5.74) is 2.29. The molecular weight excluding hydrogens is 477 g/mol. The van der Waals surface area contributed by atoms with Gasteiger partial charge in [0.1, 0.15) is 29.0 Å². The van der Waals surface area contributed by atoms with Crippen molar-refractivity contribution in [2.24, 2.45) is 0 Å². The van der Waals surface area contributed by atoms with Gasteiger partial charge < -0.3 is 4.74 Å². The fraction of sp³-hybridized carbons (Fsp3) is 0. The van der Waals surface area contributed by atoms with E-state index in [1.807, 2.05) is 6.07 Å². The SMILES string of the molecule is N#Cc1cc(-c2ccc(Cl)cc2)c(-c2ccc(Cl)cc2Cl)nc1Oc1cc(F)cc(F)c1. The maximum Gasteiger partial charge on any atom is 0.237 e. The van der Waals surface area contributed by atoms with Crippen molar-refractivity contribution in [1.82, 2.24) is 4.98 Å². The van der Waals surface area contributed by atoms with Gasteiger partial charge in [0.05, 0.1) is 10.7 Å². The van der Waals surface area contributed by atoms with Crippen molar-refractivity contribution < 1.29 is 13.5 Å². The summed E-state index contributed by atoms with van der Waals surface area (Å²) in [7, 11) is 0. The topological polar surface area (TPSA) is 45.9 Å². The summed E-state index contributed by atoms with van der Waals surface area (Å²) in [5, 5.41) is 11.0. The molecule has 0 aliphatic heterocycles. The van der Waals surface area contributed by atoms with E-state index >= 15 is 0 Å². The molecule has 32 heavy (non-hydrogen) atoms. The largest absolute Gasteiger partial charge is 0.437 e. The summed E-state index contributed by atoms with van der Waals surface area (Å²) in [5.74, 6) is -1.91. The lowest BCUT2D eigenvalue weighted by molar-refractivity contribution is 0.450. The van der Waals surface area contributed by atoms with E-state index < -0.39 is 11.6 Å². The Bertz CT molecular complexity index is 1350. The molecule has 0 spiro atoms. The van der Waals surface area contributed by atoms with E-state index in [-0.39, 0.29) is 17.2 Å². The highest BCUT2D eigenvalue weighted by Gasteiger charge is 2.19. The molecule has 4 aromatic rings. The molecule has 0 saturated carbocycles. The number of rotatable bonds is 4. The van der Waals surface area contributed by atoms with Gasteiger partial charge in [-0.05, 0) is 42.0 Å². The second-order valence-electron chi connectivity index (χ2n) is 6.69. The Balaban J connectivity index is 1.94. The number of nitrogens with zero attached hydrogens (tertiary/aromatic N) is 2. The van der Waals surface area contributed by atoms with Gasteiger partial charge in [-0.2, -0.15) is 5.26 Å². The highest BCUT2D eigenvalue weighted by molar-refractivity contribution is 6.36. The van der Waals surface area contributed by atoms with Crippen molar-refractivity contribution in [1.29, 1.82) is 5.26 Å². The van der Waals surface area contributed by atoms with Crippen molar-refractivity contribution in [2.45, 2.75) is 0 Å². The maximum atomic E-state index is 13.6. The van der Waals surface area contributed by atoms with Crippen LogP contribution in [0.4, 0.5) is 8.78 Å². The first-order chi connectivity index (χ1) is 15.3. The van der Waals surface area contributed by atoms with Crippen molar-refractivity contribution in [3.63, 3.8) is 0 Å². The molecule has 0 bridgehead atoms. The van der Waals surface area contributed by atoms with Crippen LogP contribution in [-0.4, -0.2) is 4.98 Å². The summed E-state index contributed by atoms with van der Waals surface area (Å²) in [4.78, 5) is 4.51. The van der Waals surface area contributed by atoms with Gasteiger partial charge in [-0.25, -0.2) is 13.8 Å². The highest BCUT2D eigenvalue weighted by atomic mass is 35.5. The van der Waals surface area contributed by atoms with E-state index in [0.717, 1.165) is 17.7 Å². The van der Waals surface area contributed by atoms with Gasteiger partial charge in [-0.15, -0.1) is 0 Å². The van der Waals surface area contributed by atoms with Crippen LogP contribution in [0.2, 0.25) is 15.1 Å². The molecule has 1 aromatic heterocycles. The fourth-order valence-electron chi connectivity index (χ4n) is 3.09. The number of hydrogen-bond donors (Lipinski definition) is 0. The number of aromatic nitrogens is 1. The van der Waals surface area contributed by atoms with Gasteiger partial charge in [-0.3, -0.25) is 0 Å². The van der Waals surface area contributed by atoms with Crippen LogP contribution in [0, 0.1) is 23.0 Å². The lowest BCUT2D eigenvalue weighted by Crippen LogP contribution is -1.99. The molecule has 0 atom stereocenters. The summed E-state index contributed by atoms with van der Waals surface area (Å²) in [6.45, 7) is 0. The fourth-order valence-corrected chi connectivity index (χ4v) is 3.71. The van der Waals surface area contributed by atoms with Crippen LogP contribution in [0.1, 0.15) is 5.56 Å². The number of hydrogen-bond acceptors (Lipinski definition) is 3. The third-order valence-corrected chi connectivity index (χ3v) is 5.30. The summed E-state index contributed by atoms with van der Waals surface area (Å²) >= 11 is 18.5. The average molecular weight is 488 g/mol. The monoisotopic (exact) mass is 486 g/mol. The van der Waals surface area contributed by atoms with Gasteiger partial charge in [-0.1, -0.05) is 46.9 Å². The molecule has 3 nitrogen and oxygen atoms in total. The van der Waals surface area contributed by atoms with Gasteiger partial charge in [0.25, 0.3) is 0 Å². The quantitative estimate of drug-likeness (QED) is 0.291. The Morgan fingerprint density at radius 2 is 1.44 bits per heavy atom. The third-order valence-electron chi connectivity index (χ3n) is 4.50. The molecule has 158 valence electrons. The van der Waals surface area contributed by atoms with Crippen LogP contribution in [0.5, 0.6) is 11.6 Å². The van der Waals surface area contributed by atoms with E-state index in [2.05, 4.69) is 4.98 Å². The van der Waals surface area contributed by atoms with Crippen LogP contribution >= 0.6 is 34.8 Å². The average Bonchev–Trinajstić information content (AvgIpc) is 2.73. The molecule has 0 fully saturated rings. The molecule has 1 heterocycles. The first-order valence-corrected chi connectivity index (χ1v) is 10.3. The Hall–Kier alpha value is -3.17. The Labute approximate surface area is 197 Å². The van der Waals surface area contributed by atoms with E-state index in [9.17, 15) is 14.0 Å². The normalized spacial score (nSPS) is 10.6. The minimum atomic E-state index is -0.822. The number of ether oxygens (including phenoxy) is 1. The first-order valence-electron chi connectivity index (χ1n) is 9.14. The van der Waals surface area contributed by atoms with E-state index in [0.29, 0.717) is 38.0 Å². The van der Waals surface area contributed by atoms with Gasteiger partial charge >= 0.3 is 0 Å². The van der Waals surface area contributed by atoms with Crippen LogP contribution in [-0.2, 0) is 0 Å². The molecule has 0 aliphatic rings. The zero-order chi connectivity index (χ0) is 22.8. The van der Waals surface area contributed by atoms with Crippen molar-refractivity contribution in [3.05, 3.63) is 99.0 Å².